The zero-order valence-corrected chi connectivity index (χ0v) is 7.20. The Kier molecular flexibility index (Phi) is 5.15. The van der Waals surface area contributed by atoms with E-state index in [-0.39, 0.29) is 12.5 Å². The van der Waals surface area contributed by atoms with Gasteiger partial charge in [-0.05, 0) is 6.92 Å². The second kappa shape index (κ2) is 5.70. The molecule has 4 nitrogen and oxygen atoms in total. The summed E-state index contributed by atoms with van der Waals surface area (Å²) in [5.74, 6) is -0.227. The molecule has 0 N–H and O–H groups in total. The quantitative estimate of drug-likeness (QED) is 0.332. The van der Waals surface area contributed by atoms with Gasteiger partial charge >= 0.3 is 5.97 Å². The van der Waals surface area contributed by atoms with E-state index >= 15 is 0 Å². The molecule has 0 radical (unpaired) electrons. The van der Waals surface area contributed by atoms with Gasteiger partial charge in [-0.3, -0.25) is 9.79 Å². The van der Waals surface area contributed by atoms with Gasteiger partial charge in [0.2, 0.25) is 0 Å². The molecule has 0 saturated heterocycles. The molecular formula is C7H14N2O2. The fourth-order valence-corrected chi connectivity index (χ4v) is 0.648. The molecule has 0 aromatic rings. The van der Waals surface area contributed by atoms with Gasteiger partial charge in [-0.2, -0.15) is 0 Å². The standard InChI is InChI=1S/C7H14N2O2/c1-4-11-7(10)5-9(3)6-8-2/h6H,4-5H2,1-3H3. The lowest BCUT2D eigenvalue weighted by Crippen LogP contribution is -2.26. The van der Waals surface area contributed by atoms with Gasteiger partial charge in [0.25, 0.3) is 0 Å². The predicted octanol–water partition coefficient (Wildman–Crippen LogP) is 0.139. The molecule has 0 aromatic carbocycles. The summed E-state index contributed by atoms with van der Waals surface area (Å²) in [7, 11) is 3.42. The summed E-state index contributed by atoms with van der Waals surface area (Å²) in [5.41, 5.74) is 0. The molecule has 0 fully saturated rings. The van der Waals surface area contributed by atoms with E-state index in [1.54, 1.807) is 32.3 Å². The Morgan fingerprint density at radius 3 is 2.82 bits per heavy atom. The molecule has 0 heterocycles. The van der Waals surface area contributed by atoms with Crippen LogP contribution in [0.25, 0.3) is 0 Å². The Balaban J connectivity index is 3.57. The van der Waals surface area contributed by atoms with Crippen molar-refractivity contribution in [1.82, 2.24) is 4.90 Å². The van der Waals surface area contributed by atoms with Crippen molar-refractivity contribution in [3.05, 3.63) is 0 Å². The average molecular weight is 158 g/mol. The summed E-state index contributed by atoms with van der Waals surface area (Å²) in [6.45, 7) is 2.47. The van der Waals surface area contributed by atoms with Crippen LogP contribution in [0.15, 0.2) is 4.99 Å². The van der Waals surface area contributed by atoms with Crippen LogP contribution in [0.2, 0.25) is 0 Å². The highest BCUT2D eigenvalue weighted by Gasteiger charge is 2.02. The highest BCUT2D eigenvalue weighted by molar-refractivity contribution is 5.74. The van der Waals surface area contributed by atoms with Gasteiger partial charge in [0.15, 0.2) is 0 Å². The Morgan fingerprint density at radius 2 is 2.36 bits per heavy atom. The molecule has 64 valence electrons. The lowest BCUT2D eigenvalue weighted by Gasteiger charge is -2.10. The van der Waals surface area contributed by atoms with E-state index in [1.807, 2.05) is 0 Å². The van der Waals surface area contributed by atoms with Crippen molar-refractivity contribution in [2.75, 3.05) is 27.2 Å². The van der Waals surface area contributed by atoms with E-state index < -0.39 is 0 Å². The number of ether oxygens (including phenoxy) is 1. The van der Waals surface area contributed by atoms with Crippen molar-refractivity contribution < 1.29 is 9.53 Å². The minimum Gasteiger partial charge on any atom is -0.465 e. The van der Waals surface area contributed by atoms with Crippen LogP contribution in [0.5, 0.6) is 0 Å². The summed E-state index contributed by atoms with van der Waals surface area (Å²) in [5, 5.41) is 0. The first-order valence-electron chi connectivity index (χ1n) is 3.48. The monoisotopic (exact) mass is 158 g/mol. The number of hydrogen-bond donors (Lipinski definition) is 0. The Morgan fingerprint density at radius 1 is 1.73 bits per heavy atom. The van der Waals surface area contributed by atoms with Crippen molar-refractivity contribution in [1.29, 1.82) is 0 Å². The minimum absolute atomic E-state index is 0.227. The molecule has 0 aliphatic rings. The van der Waals surface area contributed by atoms with Crippen molar-refractivity contribution in [3.8, 4) is 0 Å². The average Bonchev–Trinajstić information content (AvgIpc) is 1.87. The lowest BCUT2D eigenvalue weighted by atomic mass is 10.6. The fraction of sp³-hybridized carbons (Fsp3) is 0.714. The number of aliphatic imine (C=N–C) groups is 1. The number of carbonyl (C=O) groups excluding carboxylic acids is 1. The third-order valence-electron chi connectivity index (χ3n) is 0.996. The zero-order valence-electron chi connectivity index (χ0n) is 7.20. The van der Waals surface area contributed by atoms with Crippen LogP contribution in [0, 0.1) is 0 Å². The SMILES string of the molecule is CCOC(=O)CN(C)C=NC. The third-order valence-corrected chi connectivity index (χ3v) is 0.996. The van der Waals surface area contributed by atoms with Gasteiger partial charge < -0.3 is 9.64 Å². The highest BCUT2D eigenvalue weighted by Crippen LogP contribution is 1.81. The summed E-state index contributed by atoms with van der Waals surface area (Å²) in [6.07, 6.45) is 1.58. The second-order valence-electron chi connectivity index (χ2n) is 2.09. The first-order chi connectivity index (χ1) is 5.20. The zero-order chi connectivity index (χ0) is 8.69. The fourth-order valence-electron chi connectivity index (χ4n) is 0.648. The smallest absolute Gasteiger partial charge is 0.325 e. The molecule has 0 spiro atoms. The molecule has 0 aliphatic heterocycles. The number of nitrogens with zero attached hydrogens (tertiary/aromatic N) is 2. The molecule has 4 heteroatoms. The Bertz CT molecular complexity index is 145. The highest BCUT2D eigenvalue weighted by atomic mass is 16.5. The number of carbonyl (C=O) groups is 1. The topological polar surface area (TPSA) is 41.9 Å². The molecular weight excluding hydrogens is 144 g/mol. The van der Waals surface area contributed by atoms with Gasteiger partial charge in [0.05, 0.1) is 12.9 Å². The maximum Gasteiger partial charge on any atom is 0.325 e. The van der Waals surface area contributed by atoms with Crippen LogP contribution in [0.3, 0.4) is 0 Å². The minimum atomic E-state index is -0.227. The maximum atomic E-state index is 10.8. The van der Waals surface area contributed by atoms with Crippen LogP contribution in [-0.4, -0.2) is 44.5 Å². The number of rotatable bonds is 4. The first-order valence-corrected chi connectivity index (χ1v) is 3.48. The van der Waals surface area contributed by atoms with Crippen LogP contribution in [-0.2, 0) is 9.53 Å². The van der Waals surface area contributed by atoms with Crippen LogP contribution >= 0.6 is 0 Å². The van der Waals surface area contributed by atoms with Crippen LogP contribution in [0.1, 0.15) is 6.92 Å². The lowest BCUT2D eigenvalue weighted by molar-refractivity contribution is -0.143. The van der Waals surface area contributed by atoms with E-state index in [0.717, 1.165) is 0 Å². The van der Waals surface area contributed by atoms with Crippen molar-refractivity contribution in [3.63, 3.8) is 0 Å². The van der Waals surface area contributed by atoms with E-state index in [2.05, 4.69) is 4.99 Å². The molecule has 0 aliphatic carbocycles. The normalized spacial score (nSPS) is 10.1. The van der Waals surface area contributed by atoms with Crippen LogP contribution in [0.4, 0.5) is 0 Å². The predicted molar refractivity (Wildman–Crippen MR) is 43.7 cm³/mol. The molecule has 0 amide bonds. The molecule has 0 atom stereocenters. The Labute approximate surface area is 66.9 Å². The molecule has 0 rings (SSSR count). The Hall–Kier alpha value is -1.06. The van der Waals surface area contributed by atoms with Gasteiger partial charge in [-0.25, -0.2) is 0 Å². The van der Waals surface area contributed by atoms with Crippen molar-refractivity contribution in [2.24, 2.45) is 4.99 Å². The van der Waals surface area contributed by atoms with Gasteiger partial charge in [-0.1, -0.05) is 0 Å². The maximum absolute atomic E-state index is 10.8. The number of likely N-dealkylation sites (N-methyl/N-ethyl adjacent to an activating group) is 1. The van der Waals surface area contributed by atoms with E-state index in [1.165, 1.54) is 0 Å². The molecule has 0 bridgehead atoms. The second-order valence-corrected chi connectivity index (χ2v) is 2.09. The number of esters is 1. The molecule has 0 unspecified atom stereocenters. The van der Waals surface area contributed by atoms with Gasteiger partial charge in [-0.15, -0.1) is 0 Å². The van der Waals surface area contributed by atoms with E-state index in [0.29, 0.717) is 6.61 Å². The first kappa shape index (κ1) is 9.94. The summed E-state index contributed by atoms with van der Waals surface area (Å²) in [4.78, 5) is 16.2. The summed E-state index contributed by atoms with van der Waals surface area (Å²) in [6, 6.07) is 0. The van der Waals surface area contributed by atoms with Crippen molar-refractivity contribution >= 4 is 12.3 Å². The van der Waals surface area contributed by atoms with E-state index in [4.69, 9.17) is 4.74 Å². The van der Waals surface area contributed by atoms with E-state index in [9.17, 15) is 4.79 Å². The van der Waals surface area contributed by atoms with Crippen LogP contribution < -0.4 is 0 Å². The largest absolute Gasteiger partial charge is 0.465 e. The summed E-state index contributed by atoms with van der Waals surface area (Å²) >= 11 is 0. The summed E-state index contributed by atoms with van der Waals surface area (Å²) < 4.78 is 4.72. The molecule has 0 aromatic heterocycles. The van der Waals surface area contributed by atoms with Gasteiger partial charge in [0.1, 0.15) is 6.54 Å². The molecule has 0 saturated carbocycles. The van der Waals surface area contributed by atoms with Gasteiger partial charge in [0, 0.05) is 14.1 Å². The third kappa shape index (κ3) is 5.39. The van der Waals surface area contributed by atoms with Crippen molar-refractivity contribution in [2.45, 2.75) is 6.92 Å². The number of hydrogen-bond acceptors (Lipinski definition) is 3. The molecule has 11 heavy (non-hydrogen) atoms.